The van der Waals surface area contributed by atoms with Crippen molar-refractivity contribution in [1.29, 1.82) is 0 Å². The molecule has 0 heterocycles. The zero-order valence-corrected chi connectivity index (χ0v) is 9.18. The third kappa shape index (κ3) is 10.1. The van der Waals surface area contributed by atoms with Crippen molar-refractivity contribution in [3.05, 3.63) is 0 Å². The predicted molar refractivity (Wildman–Crippen MR) is 48.4 cm³/mol. The smallest absolute Gasteiger partial charge is 0.390 e. The average Bonchev–Trinajstić information content (AvgIpc) is 1.91. The lowest BCUT2D eigenvalue weighted by molar-refractivity contribution is 0.116. The molecule has 0 aromatic heterocycles. The molecule has 0 atom stereocenters. The Morgan fingerprint density at radius 1 is 1.09 bits per heavy atom. The summed E-state index contributed by atoms with van der Waals surface area (Å²) in [6, 6.07) is 0. The van der Waals surface area contributed by atoms with Gasteiger partial charge in [-0.1, -0.05) is 13.8 Å². The van der Waals surface area contributed by atoms with Crippen molar-refractivity contribution in [1.82, 2.24) is 0 Å². The van der Waals surface area contributed by atoms with Gasteiger partial charge in [-0.3, -0.25) is 0 Å². The third-order valence-electron chi connectivity index (χ3n) is 0.824. The van der Waals surface area contributed by atoms with E-state index in [9.17, 15) is 4.80 Å². The molecule has 0 bridgehead atoms. The van der Waals surface area contributed by atoms with Gasteiger partial charge in [-0.05, 0) is 13.8 Å². The summed E-state index contributed by atoms with van der Waals surface area (Å²) in [6.45, 7) is 10.3. The molecule has 0 aliphatic heterocycles. The second kappa shape index (κ2) is 8.20. The molecule has 0 saturated heterocycles. The molecule has 4 heteroatoms. The van der Waals surface area contributed by atoms with Crippen molar-refractivity contribution < 1.29 is 13.6 Å². The summed E-state index contributed by atoms with van der Waals surface area (Å²) < 4.78 is 9.88. The van der Waals surface area contributed by atoms with Gasteiger partial charge in [-0.25, -0.2) is 0 Å². The Balaban J connectivity index is 0. The first kappa shape index (κ1) is 13.7. The van der Waals surface area contributed by atoms with Crippen molar-refractivity contribution >= 4 is 8.80 Å². The van der Waals surface area contributed by atoms with Crippen LogP contribution in [0.2, 0.25) is 6.55 Å². The van der Waals surface area contributed by atoms with Crippen LogP contribution in [0.25, 0.3) is 0 Å². The Kier molecular flexibility index (Phi) is 10.2. The summed E-state index contributed by atoms with van der Waals surface area (Å²) in [5.74, 6) is 0. The largest absolute Gasteiger partial charge is 0.494 e. The molecule has 0 aromatic carbocycles. The molecule has 0 spiro atoms. The van der Waals surface area contributed by atoms with E-state index in [2.05, 4.69) is 0 Å². The van der Waals surface area contributed by atoms with Crippen LogP contribution < -0.4 is 0 Å². The van der Waals surface area contributed by atoms with E-state index in [0.29, 0.717) is 13.2 Å². The van der Waals surface area contributed by atoms with Crippen molar-refractivity contribution in [3.63, 3.8) is 0 Å². The topological polar surface area (TPSA) is 38.7 Å². The van der Waals surface area contributed by atoms with E-state index < -0.39 is 8.80 Å². The minimum Gasteiger partial charge on any atom is -0.390 e. The molecule has 0 rings (SSSR count). The second-order valence-electron chi connectivity index (χ2n) is 1.76. The van der Waals surface area contributed by atoms with E-state index in [1.807, 2.05) is 27.7 Å². The van der Waals surface area contributed by atoms with Crippen LogP contribution in [-0.4, -0.2) is 26.8 Å². The first-order valence-electron chi connectivity index (χ1n) is 4.12. The van der Waals surface area contributed by atoms with Crippen molar-refractivity contribution in [2.75, 3.05) is 13.2 Å². The normalized spacial score (nSPS) is 10.4. The standard InChI is InChI=1S/C5H14O3Si.C2H6/c1-4-7-9(3,6)8-5-2;1-2/h6H,4-5H2,1-3H3;1-2H3. The number of rotatable bonds is 4. The quantitative estimate of drug-likeness (QED) is 0.669. The van der Waals surface area contributed by atoms with Crippen LogP contribution in [-0.2, 0) is 8.85 Å². The van der Waals surface area contributed by atoms with Gasteiger partial charge in [0.1, 0.15) is 0 Å². The SMILES string of the molecule is CC.CCO[Si](C)(O)OCC. The van der Waals surface area contributed by atoms with Gasteiger partial charge in [-0.15, -0.1) is 0 Å². The molecule has 0 aliphatic carbocycles. The van der Waals surface area contributed by atoms with Crippen molar-refractivity contribution in [2.24, 2.45) is 0 Å². The van der Waals surface area contributed by atoms with Gasteiger partial charge in [0, 0.05) is 19.8 Å². The number of hydrogen-bond donors (Lipinski definition) is 1. The molecule has 0 unspecified atom stereocenters. The summed E-state index contributed by atoms with van der Waals surface area (Å²) in [5, 5.41) is 0. The molecule has 0 aliphatic rings. The minimum absolute atomic E-state index is 0.513. The van der Waals surface area contributed by atoms with Crippen LogP contribution >= 0.6 is 0 Å². The highest BCUT2D eigenvalue weighted by molar-refractivity contribution is 6.57. The molecule has 0 fully saturated rings. The molecule has 3 nitrogen and oxygen atoms in total. The maximum absolute atomic E-state index is 9.21. The van der Waals surface area contributed by atoms with E-state index in [-0.39, 0.29) is 0 Å². The summed E-state index contributed by atoms with van der Waals surface area (Å²) in [4.78, 5) is 9.21. The first-order chi connectivity index (χ1) is 5.12. The Morgan fingerprint density at radius 3 is 1.55 bits per heavy atom. The molecular weight excluding hydrogens is 160 g/mol. The predicted octanol–water partition coefficient (Wildman–Crippen LogP) is 1.65. The van der Waals surface area contributed by atoms with Crippen LogP contribution in [0.1, 0.15) is 27.7 Å². The van der Waals surface area contributed by atoms with E-state index in [4.69, 9.17) is 8.85 Å². The fourth-order valence-electron chi connectivity index (χ4n) is 0.577. The molecule has 70 valence electrons. The van der Waals surface area contributed by atoms with Gasteiger partial charge in [0.2, 0.25) is 0 Å². The lowest BCUT2D eigenvalue weighted by Gasteiger charge is -2.17. The Labute approximate surface area is 70.7 Å². The molecule has 11 heavy (non-hydrogen) atoms. The molecular formula is C7H20O3Si. The molecule has 0 saturated carbocycles. The van der Waals surface area contributed by atoms with Crippen molar-refractivity contribution in [2.45, 2.75) is 34.2 Å². The van der Waals surface area contributed by atoms with E-state index >= 15 is 0 Å². The van der Waals surface area contributed by atoms with Crippen LogP contribution in [0.15, 0.2) is 0 Å². The van der Waals surface area contributed by atoms with Crippen molar-refractivity contribution in [3.8, 4) is 0 Å². The molecule has 1 N–H and O–H groups in total. The Bertz CT molecular complexity index is 68.1. The van der Waals surface area contributed by atoms with E-state index in [1.165, 1.54) is 0 Å². The highest BCUT2D eigenvalue weighted by atomic mass is 28.4. The highest BCUT2D eigenvalue weighted by Crippen LogP contribution is 2.00. The fourth-order valence-corrected chi connectivity index (χ4v) is 1.73. The van der Waals surface area contributed by atoms with Gasteiger partial charge in [0.05, 0.1) is 0 Å². The zero-order valence-electron chi connectivity index (χ0n) is 8.18. The minimum atomic E-state index is -2.70. The van der Waals surface area contributed by atoms with Crippen LogP contribution in [0.3, 0.4) is 0 Å². The first-order valence-corrected chi connectivity index (χ1v) is 6.39. The van der Waals surface area contributed by atoms with Gasteiger partial charge < -0.3 is 13.6 Å². The summed E-state index contributed by atoms with van der Waals surface area (Å²) in [6.07, 6.45) is 0. The monoisotopic (exact) mass is 180 g/mol. The fraction of sp³-hybridized carbons (Fsp3) is 1.00. The summed E-state index contributed by atoms with van der Waals surface area (Å²) in [5.41, 5.74) is 0. The van der Waals surface area contributed by atoms with Crippen LogP contribution in [0.5, 0.6) is 0 Å². The average molecular weight is 180 g/mol. The Morgan fingerprint density at radius 2 is 1.36 bits per heavy atom. The summed E-state index contributed by atoms with van der Waals surface area (Å²) in [7, 11) is -2.70. The van der Waals surface area contributed by atoms with Crippen LogP contribution in [0.4, 0.5) is 0 Å². The highest BCUT2D eigenvalue weighted by Gasteiger charge is 2.27. The second-order valence-corrected chi connectivity index (χ2v) is 4.14. The van der Waals surface area contributed by atoms with E-state index in [1.54, 1.807) is 6.55 Å². The van der Waals surface area contributed by atoms with Crippen LogP contribution in [0, 0.1) is 0 Å². The maximum Gasteiger partial charge on any atom is 0.494 e. The summed E-state index contributed by atoms with van der Waals surface area (Å²) >= 11 is 0. The zero-order chi connectivity index (χ0) is 9.33. The Hall–Kier alpha value is 0.0969. The lowest BCUT2D eigenvalue weighted by atomic mass is 10.9. The third-order valence-corrected chi connectivity index (χ3v) is 2.47. The van der Waals surface area contributed by atoms with Gasteiger partial charge in [0.25, 0.3) is 0 Å². The molecule has 0 amide bonds. The van der Waals surface area contributed by atoms with Gasteiger partial charge in [0.15, 0.2) is 0 Å². The molecule has 0 aromatic rings. The number of hydrogen-bond acceptors (Lipinski definition) is 3. The van der Waals surface area contributed by atoms with E-state index in [0.717, 1.165) is 0 Å². The molecule has 0 radical (unpaired) electrons. The van der Waals surface area contributed by atoms with Gasteiger partial charge in [-0.2, -0.15) is 0 Å². The maximum atomic E-state index is 9.21. The lowest BCUT2D eigenvalue weighted by Crippen LogP contribution is -2.38. The van der Waals surface area contributed by atoms with Gasteiger partial charge >= 0.3 is 8.80 Å².